The van der Waals surface area contributed by atoms with Gasteiger partial charge >= 0.3 is 6.18 Å². The summed E-state index contributed by atoms with van der Waals surface area (Å²) in [6, 6.07) is 3.77. The molecule has 3 heterocycles. The van der Waals surface area contributed by atoms with Gasteiger partial charge in [-0.2, -0.15) is 13.2 Å². The zero-order valence-corrected chi connectivity index (χ0v) is 17.8. The van der Waals surface area contributed by atoms with Gasteiger partial charge in [0.25, 0.3) is 5.56 Å². The Morgan fingerprint density at radius 1 is 1.19 bits per heavy atom. The van der Waals surface area contributed by atoms with E-state index in [4.69, 9.17) is 11.6 Å². The van der Waals surface area contributed by atoms with E-state index in [0.29, 0.717) is 24.3 Å². The van der Waals surface area contributed by atoms with Gasteiger partial charge in [0, 0.05) is 30.9 Å². The first-order chi connectivity index (χ1) is 15.2. The monoisotopic (exact) mass is 464 g/mol. The third-order valence-electron chi connectivity index (χ3n) is 6.09. The third kappa shape index (κ3) is 3.68. The van der Waals surface area contributed by atoms with E-state index >= 15 is 0 Å². The van der Waals surface area contributed by atoms with Crippen molar-refractivity contribution in [1.29, 1.82) is 0 Å². The maximum Gasteiger partial charge on any atom is 0.417 e. The number of carbonyl (C=O) groups excluding carboxylic acids is 1. The summed E-state index contributed by atoms with van der Waals surface area (Å²) < 4.78 is 43.4. The molecule has 5 rings (SSSR count). The molecule has 3 aromatic rings. The van der Waals surface area contributed by atoms with Crippen molar-refractivity contribution >= 4 is 28.5 Å². The topological polar surface area (TPSA) is 60.1 Å². The number of halogens is 4. The van der Waals surface area contributed by atoms with Crippen molar-refractivity contribution in [3.05, 3.63) is 51.7 Å². The Morgan fingerprint density at radius 2 is 1.91 bits per heavy atom. The van der Waals surface area contributed by atoms with Gasteiger partial charge in [0.05, 0.1) is 16.0 Å². The van der Waals surface area contributed by atoms with Crippen LogP contribution in [0.2, 0.25) is 5.02 Å². The second-order valence-electron chi connectivity index (χ2n) is 8.34. The summed E-state index contributed by atoms with van der Waals surface area (Å²) in [4.78, 5) is 32.1. The van der Waals surface area contributed by atoms with Crippen molar-refractivity contribution in [1.82, 2.24) is 19.0 Å². The zero-order valence-electron chi connectivity index (χ0n) is 17.0. The van der Waals surface area contributed by atoms with E-state index in [-0.39, 0.29) is 29.4 Å². The zero-order chi connectivity index (χ0) is 22.6. The SMILES string of the molecule is O=C(Cn1cnc2c(c(-c3ccc(Cl)c(C(F)(F)F)c3)cn2C2CC2)c1=O)N1CCCC1. The summed E-state index contributed by atoms with van der Waals surface area (Å²) in [6.45, 7) is 1.18. The minimum atomic E-state index is -4.62. The first-order valence-electron chi connectivity index (χ1n) is 10.5. The molecule has 0 radical (unpaired) electrons. The highest BCUT2D eigenvalue weighted by Crippen LogP contribution is 2.42. The molecule has 1 aliphatic carbocycles. The molecule has 6 nitrogen and oxygen atoms in total. The lowest BCUT2D eigenvalue weighted by Crippen LogP contribution is -2.34. The average molecular weight is 465 g/mol. The number of rotatable bonds is 4. The van der Waals surface area contributed by atoms with Crippen LogP contribution in [0, 0.1) is 0 Å². The van der Waals surface area contributed by atoms with Gasteiger partial charge in [-0.05, 0) is 43.4 Å². The Labute approximate surface area is 186 Å². The largest absolute Gasteiger partial charge is 0.417 e. The number of amides is 1. The smallest absolute Gasteiger partial charge is 0.341 e. The lowest BCUT2D eigenvalue weighted by Gasteiger charge is -2.16. The lowest BCUT2D eigenvalue weighted by molar-refractivity contribution is -0.137. The Morgan fingerprint density at radius 3 is 2.56 bits per heavy atom. The Balaban J connectivity index is 1.64. The number of alkyl halides is 3. The van der Waals surface area contributed by atoms with Gasteiger partial charge in [0.1, 0.15) is 18.5 Å². The summed E-state index contributed by atoms with van der Waals surface area (Å²) in [6.07, 6.45) is 2.11. The van der Waals surface area contributed by atoms with Crippen LogP contribution < -0.4 is 5.56 Å². The number of carbonyl (C=O) groups is 1. The first kappa shape index (κ1) is 21.1. The summed E-state index contributed by atoms with van der Waals surface area (Å²) in [5.41, 5.74) is -0.401. The summed E-state index contributed by atoms with van der Waals surface area (Å²) in [5, 5.41) is -0.192. The molecular formula is C22H20ClF3N4O2. The van der Waals surface area contributed by atoms with Crippen LogP contribution in [0.1, 0.15) is 37.3 Å². The standard InChI is InChI=1S/C22H20ClF3N4O2/c23-17-6-3-13(9-16(17)22(24,25)26)15-10-30(14-4-5-14)20-19(15)21(32)29(12-27-20)11-18(31)28-7-1-2-8-28/h3,6,9-10,12,14H,1-2,4-5,7-8,11H2. The van der Waals surface area contributed by atoms with Crippen molar-refractivity contribution in [3.63, 3.8) is 0 Å². The first-order valence-corrected chi connectivity index (χ1v) is 10.9. The van der Waals surface area contributed by atoms with Gasteiger partial charge in [-0.15, -0.1) is 0 Å². The van der Waals surface area contributed by atoms with E-state index in [1.165, 1.54) is 23.0 Å². The fourth-order valence-corrected chi connectivity index (χ4v) is 4.49. The van der Waals surface area contributed by atoms with E-state index in [0.717, 1.165) is 31.7 Å². The van der Waals surface area contributed by atoms with Crippen LogP contribution in [-0.2, 0) is 17.5 Å². The highest BCUT2D eigenvalue weighted by molar-refractivity contribution is 6.31. The van der Waals surface area contributed by atoms with Crippen LogP contribution in [0.5, 0.6) is 0 Å². The number of nitrogens with zero attached hydrogens (tertiary/aromatic N) is 4. The van der Waals surface area contributed by atoms with E-state index < -0.39 is 22.3 Å². The van der Waals surface area contributed by atoms with Crippen LogP contribution in [0.4, 0.5) is 13.2 Å². The molecule has 1 saturated heterocycles. The molecule has 2 fully saturated rings. The molecule has 1 aromatic carbocycles. The van der Waals surface area contributed by atoms with E-state index in [9.17, 15) is 22.8 Å². The number of benzene rings is 1. The minimum Gasteiger partial charge on any atom is -0.341 e. The molecule has 10 heteroatoms. The second-order valence-corrected chi connectivity index (χ2v) is 8.74. The van der Waals surface area contributed by atoms with Crippen LogP contribution >= 0.6 is 11.6 Å². The molecule has 0 N–H and O–H groups in total. The maximum absolute atomic E-state index is 13.4. The number of likely N-dealkylation sites (tertiary alicyclic amines) is 1. The van der Waals surface area contributed by atoms with Gasteiger partial charge < -0.3 is 9.47 Å². The molecule has 0 spiro atoms. The van der Waals surface area contributed by atoms with Crippen molar-refractivity contribution in [2.24, 2.45) is 0 Å². The van der Waals surface area contributed by atoms with Crippen LogP contribution in [0.15, 0.2) is 35.5 Å². The molecule has 0 bridgehead atoms. The van der Waals surface area contributed by atoms with Gasteiger partial charge in [0.2, 0.25) is 5.91 Å². The number of aromatic nitrogens is 3. The number of hydrogen-bond acceptors (Lipinski definition) is 3. The normalized spacial score (nSPS) is 16.8. The fraction of sp³-hybridized carbons (Fsp3) is 0.409. The molecule has 2 aliphatic rings. The number of hydrogen-bond donors (Lipinski definition) is 0. The fourth-order valence-electron chi connectivity index (χ4n) is 4.26. The maximum atomic E-state index is 13.4. The Bertz CT molecular complexity index is 1270. The highest BCUT2D eigenvalue weighted by atomic mass is 35.5. The minimum absolute atomic E-state index is 0.149. The Hall–Kier alpha value is -2.81. The van der Waals surface area contributed by atoms with Crippen molar-refractivity contribution in [2.75, 3.05) is 13.1 Å². The highest BCUT2D eigenvalue weighted by Gasteiger charge is 2.34. The van der Waals surface area contributed by atoms with Gasteiger partial charge in [-0.3, -0.25) is 14.2 Å². The predicted octanol–water partition coefficient (Wildman–Crippen LogP) is 4.49. The predicted molar refractivity (Wildman–Crippen MR) is 114 cm³/mol. The lowest BCUT2D eigenvalue weighted by atomic mass is 10.0. The van der Waals surface area contributed by atoms with Crippen LogP contribution in [-0.4, -0.2) is 38.0 Å². The van der Waals surface area contributed by atoms with E-state index in [1.54, 1.807) is 11.1 Å². The third-order valence-corrected chi connectivity index (χ3v) is 6.42. The Kier molecular flexibility index (Phi) is 5.03. The summed E-state index contributed by atoms with van der Waals surface area (Å²) in [5.74, 6) is -0.167. The van der Waals surface area contributed by atoms with Crippen LogP contribution in [0.25, 0.3) is 22.2 Å². The molecule has 2 aromatic heterocycles. The number of fused-ring (bicyclic) bond motifs is 1. The van der Waals surface area contributed by atoms with Crippen LogP contribution in [0.3, 0.4) is 0 Å². The van der Waals surface area contributed by atoms with E-state index in [2.05, 4.69) is 4.98 Å². The molecule has 1 saturated carbocycles. The van der Waals surface area contributed by atoms with E-state index in [1.807, 2.05) is 4.57 Å². The van der Waals surface area contributed by atoms with Crippen molar-refractivity contribution in [2.45, 2.75) is 44.4 Å². The van der Waals surface area contributed by atoms with Gasteiger partial charge in [0.15, 0.2) is 0 Å². The molecular weight excluding hydrogens is 445 g/mol. The van der Waals surface area contributed by atoms with Crippen molar-refractivity contribution < 1.29 is 18.0 Å². The van der Waals surface area contributed by atoms with Crippen molar-refractivity contribution in [3.8, 4) is 11.1 Å². The summed E-state index contributed by atoms with van der Waals surface area (Å²) >= 11 is 5.78. The quantitative estimate of drug-likeness (QED) is 0.571. The molecule has 1 aliphatic heterocycles. The molecule has 0 atom stereocenters. The van der Waals surface area contributed by atoms with Gasteiger partial charge in [-0.25, -0.2) is 4.98 Å². The van der Waals surface area contributed by atoms with Gasteiger partial charge in [-0.1, -0.05) is 17.7 Å². The average Bonchev–Trinajstić information content (AvgIpc) is 3.28. The molecule has 32 heavy (non-hydrogen) atoms. The second kappa shape index (κ2) is 7.65. The molecule has 168 valence electrons. The molecule has 0 unspecified atom stereocenters. The molecule has 1 amide bonds. The summed E-state index contributed by atoms with van der Waals surface area (Å²) in [7, 11) is 0.